The van der Waals surface area contributed by atoms with Gasteiger partial charge in [-0.05, 0) is 35.2 Å². The molecule has 0 fully saturated rings. The van der Waals surface area contributed by atoms with Crippen LogP contribution in [0.2, 0.25) is 0 Å². The lowest BCUT2D eigenvalue weighted by Crippen LogP contribution is -2.42. The number of aromatic nitrogens is 2. The lowest BCUT2D eigenvalue weighted by molar-refractivity contribution is -0.121. The zero-order valence-electron chi connectivity index (χ0n) is 16.2. The highest BCUT2D eigenvalue weighted by Crippen LogP contribution is 2.16. The number of amides is 1. The van der Waals surface area contributed by atoms with E-state index < -0.39 is 23.0 Å². The summed E-state index contributed by atoms with van der Waals surface area (Å²) in [5, 5.41) is 4.34. The third-order valence-electron chi connectivity index (χ3n) is 4.83. The second-order valence-corrected chi connectivity index (χ2v) is 7.81. The van der Waals surface area contributed by atoms with Gasteiger partial charge in [0.2, 0.25) is 5.91 Å². The van der Waals surface area contributed by atoms with Gasteiger partial charge in [0.25, 0.3) is 5.56 Å². The van der Waals surface area contributed by atoms with Crippen LogP contribution in [-0.4, -0.2) is 15.0 Å². The maximum absolute atomic E-state index is 14.1. The lowest BCUT2D eigenvalue weighted by Gasteiger charge is -2.13. The van der Waals surface area contributed by atoms with Crippen molar-refractivity contribution in [3.05, 3.63) is 104 Å². The van der Waals surface area contributed by atoms with E-state index in [1.807, 2.05) is 0 Å². The van der Waals surface area contributed by atoms with Gasteiger partial charge >= 0.3 is 5.69 Å². The van der Waals surface area contributed by atoms with Gasteiger partial charge in [0.15, 0.2) is 0 Å². The van der Waals surface area contributed by atoms with Gasteiger partial charge in [0.1, 0.15) is 22.9 Å². The van der Waals surface area contributed by atoms with Crippen molar-refractivity contribution >= 4 is 27.5 Å². The molecule has 6 nitrogen and oxygen atoms in total. The molecule has 0 unspecified atom stereocenters. The third-order valence-corrected chi connectivity index (χ3v) is 5.72. The number of benzene rings is 2. The van der Waals surface area contributed by atoms with Crippen molar-refractivity contribution < 1.29 is 13.6 Å². The predicted molar refractivity (Wildman–Crippen MR) is 114 cm³/mol. The summed E-state index contributed by atoms with van der Waals surface area (Å²) < 4.78 is 29.5. The van der Waals surface area contributed by atoms with Crippen LogP contribution in [0, 0.1) is 11.6 Å². The highest BCUT2D eigenvalue weighted by molar-refractivity contribution is 7.17. The van der Waals surface area contributed by atoms with Gasteiger partial charge in [-0.25, -0.2) is 13.6 Å². The summed E-state index contributed by atoms with van der Waals surface area (Å²) in [5.74, 6) is -1.35. The molecule has 2 heterocycles. The quantitative estimate of drug-likeness (QED) is 0.500. The number of carbonyl (C=O) groups excluding carboxylic acids is 1. The van der Waals surface area contributed by atoms with Crippen molar-refractivity contribution in [2.24, 2.45) is 0 Å². The largest absolute Gasteiger partial charge is 0.350 e. The number of carbonyl (C=O) groups is 1. The normalized spacial score (nSPS) is 11.0. The van der Waals surface area contributed by atoms with Gasteiger partial charge in [0, 0.05) is 12.1 Å². The van der Waals surface area contributed by atoms with Crippen molar-refractivity contribution in [3.8, 4) is 0 Å². The zero-order chi connectivity index (χ0) is 22.0. The fourth-order valence-electron chi connectivity index (χ4n) is 3.22. The van der Waals surface area contributed by atoms with Crippen LogP contribution < -0.4 is 16.6 Å². The molecule has 0 saturated carbocycles. The number of rotatable bonds is 6. The fourth-order valence-corrected chi connectivity index (χ4v) is 4.07. The summed E-state index contributed by atoms with van der Waals surface area (Å²) in [5.41, 5.74) is 0.0243. The van der Waals surface area contributed by atoms with E-state index in [1.165, 1.54) is 34.9 Å². The second kappa shape index (κ2) is 8.65. The Morgan fingerprint density at radius 3 is 2.45 bits per heavy atom. The number of nitrogens with one attached hydrogen (secondary N) is 1. The Morgan fingerprint density at radius 2 is 1.71 bits per heavy atom. The molecule has 2 aromatic carbocycles. The fraction of sp³-hybridized carbons (Fsp3) is 0.136. The Morgan fingerprint density at radius 1 is 0.968 bits per heavy atom. The topological polar surface area (TPSA) is 73.1 Å². The molecule has 0 aliphatic rings. The number of nitrogens with zero attached hydrogens (tertiary/aromatic N) is 2. The first-order valence-corrected chi connectivity index (χ1v) is 10.3. The molecule has 0 aliphatic carbocycles. The Balaban J connectivity index is 1.64. The molecule has 2 aromatic heterocycles. The molecule has 0 atom stereocenters. The molecule has 4 aromatic rings. The number of halogens is 2. The van der Waals surface area contributed by atoms with E-state index in [-0.39, 0.29) is 31.0 Å². The standard InChI is InChI=1S/C22H17F2N3O3S/c23-16-7-5-14(6-8-16)11-25-19(28)13-26-18-9-10-31-20(18)21(29)27(22(26)30)12-15-3-1-2-4-17(15)24/h1-10H,11-13H2,(H,25,28). The van der Waals surface area contributed by atoms with Crippen LogP contribution in [0.5, 0.6) is 0 Å². The Hall–Kier alpha value is -3.59. The number of thiophene rings is 1. The SMILES string of the molecule is O=C(Cn1c(=O)n(Cc2ccccc2F)c(=O)c2sccc21)NCc1ccc(F)cc1. The average Bonchev–Trinajstić information content (AvgIpc) is 3.25. The number of hydrogen-bond acceptors (Lipinski definition) is 4. The smallest absolute Gasteiger partial charge is 0.332 e. The molecule has 9 heteroatoms. The molecule has 0 aliphatic heterocycles. The van der Waals surface area contributed by atoms with Gasteiger partial charge in [-0.15, -0.1) is 11.3 Å². The van der Waals surface area contributed by atoms with E-state index in [0.717, 1.165) is 15.9 Å². The number of hydrogen-bond donors (Lipinski definition) is 1. The Labute approximate surface area is 179 Å². The van der Waals surface area contributed by atoms with Gasteiger partial charge in [-0.2, -0.15) is 0 Å². The van der Waals surface area contributed by atoms with Crippen molar-refractivity contribution in [3.63, 3.8) is 0 Å². The van der Waals surface area contributed by atoms with Crippen molar-refractivity contribution in [1.29, 1.82) is 0 Å². The molecule has 0 radical (unpaired) electrons. The summed E-state index contributed by atoms with van der Waals surface area (Å²) >= 11 is 1.15. The molecular weight excluding hydrogens is 424 g/mol. The highest BCUT2D eigenvalue weighted by atomic mass is 32.1. The maximum atomic E-state index is 14.1. The molecule has 0 spiro atoms. The molecule has 0 bridgehead atoms. The van der Waals surface area contributed by atoms with Gasteiger partial charge < -0.3 is 5.32 Å². The second-order valence-electron chi connectivity index (χ2n) is 6.89. The van der Waals surface area contributed by atoms with E-state index in [0.29, 0.717) is 15.8 Å². The van der Waals surface area contributed by atoms with E-state index in [4.69, 9.17) is 0 Å². The van der Waals surface area contributed by atoms with E-state index >= 15 is 0 Å². The molecular formula is C22H17F2N3O3S. The maximum Gasteiger partial charge on any atom is 0.332 e. The molecule has 1 amide bonds. The number of fused-ring (bicyclic) bond motifs is 1. The summed E-state index contributed by atoms with van der Waals surface area (Å²) in [6.45, 7) is -0.393. The highest BCUT2D eigenvalue weighted by Gasteiger charge is 2.17. The van der Waals surface area contributed by atoms with Crippen LogP contribution in [0.15, 0.2) is 69.6 Å². The molecule has 0 saturated heterocycles. The van der Waals surface area contributed by atoms with Gasteiger partial charge in [-0.3, -0.25) is 18.7 Å². The average molecular weight is 441 g/mol. The molecule has 4 rings (SSSR count). The monoisotopic (exact) mass is 441 g/mol. The summed E-state index contributed by atoms with van der Waals surface area (Å²) in [6, 6.07) is 13.2. The van der Waals surface area contributed by atoms with Crippen LogP contribution in [-0.2, 0) is 24.4 Å². The predicted octanol–water partition coefficient (Wildman–Crippen LogP) is 2.87. The van der Waals surface area contributed by atoms with Gasteiger partial charge in [-0.1, -0.05) is 30.3 Å². The van der Waals surface area contributed by atoms with Crippen LogP contribution >= 0.6 is 11.3 Å². The first-order valence-electron chi connectivity index (χ1n) is 9.39. The van der Waals surface area contributed by atoms with Gasteiger partial charge in [0.05, 0.1) is 12.1 Å². The lowest BCUT2D eigenvalue weighted by atomic mass is 10.2. The minimum absolute atomic E-state index is 0.162. The van der Waals surface area contributed by atoms with E-state index in [1.54, 1.807) is 29.6 Å². The van der Waals surface area contributed by atoms with Crippen molar-refractivity contribution in [2.75, 3.05) is 0 Å². The van der Waals surface area contributed by atoms with Crippen molar-refractivity contribution in [1.82, 2.24) is 14.5 Å². The van der Waals surface area contributed by atoms with Crippen LogP contribution in [0.3, 0.4) is 0 Å². The molecule has 158 valence electrons. The Kier molecular flexibility index (Phi) is 5.77. The molecule has 1 N–H and O–H groups in total. The van der Waals surface area contributed by atoms with Crippen LogP contribution in [0.25, 0.3) is 10.2 Å². The van der Waals surface area contributed by atoms with E-state index in [9.17, 15) is 23.2 Å². The van der Waals surface area contributed by atoms with Crippen molar-refractivity contribution in [2.45, 2.75) is 19.6 Å². The first-order chi connectivity index (χ1) is 14.9. The van der Waals surface area contributed by atoms with E-state index in [2.05, 4.69) is 5.32 Å². The first kappa shape index (κ1) is 20.7. The summed E-state index contributed by atoms with van der Waals surface area (Å²) in [7, 11) is 0. The zero-order valence-corrected chi connectivity index (χ0v) is 17.0. The molecule has 31 heavy (non-hydrogen) atoms. The third kappa shape index (κ3) is 4.31. The minimum Gasteiger partial charge on any atom is -0.350 e. The Bertz CT molecular complexity index is 1370. The summed E-state index contributed by atoms with van der Waals surface area (Å²) in [6.07, 6.45) is 0. The van der Waals surface area contributed by atoms with Crippen LogP contribution in [0.1, 0.15) is 11.1 Å². The summed E-state index contributed by atoms with van der Waals surface area (Å²) in [4.78, 5) is 38.3. The minimum atomic E-state index is -0.698. The van der Waals surface area contributed by atoms with Crippen LogP contribution in [0.4, 0.5) is 8.78 Å².